The van der Waals surface area contributed by atoms with E-state index in [1.54, 1.807) is 0 Å². The summed E-state index contributed by atoms with van der Waals surface area (Å²) in [4.78, 5) is 11.9. The molecule has 110 valence electrons. The zero-order chi connectivity index (χ0) is 15.4. The number of halogens is 1. The number of nitrogens with two attached hydrogens (primary N) is 1. The number of nitrogens with one attached hydrogen (secondary N) is 1. The van der Waals surface area contributed by atoms with Crippen molar-refractivity contribution in [3.63, 3.8) is 0 Å². The molecule has 0 unspecified atom stereocenters. The van der Waals surface area contributed by atoms with Gasteiger partial charge in [0.05, 0.1) is 11.4 Å². The molecule has 5 heteroatoms. The molecular formula is C16H17BrN2O2. The Kier molecular flexibility index (Phi) is 4.85. The Balaban J connectivity index is 2.01. The summed E-state index contributed by atoms with van der Waals surface area (Å²) in [7, 11) is 0. The third kappa shape index (κ3) is 3.98. The predicted molar refractivity (Wildman–Crippen MR) is 88.6 cm³/mol. The van der Waals surface area contributed by atoms with Gasteiger partial charge in [-0.05, 0) is 59.1 Å². The lowest BCUT2D eigenvalue weighted by Gasteiger charge is -2.13. The van der Waals surface area contributed by atoms with Crippen LogP contribution in [0, 0.1) is 13.8 Å². The maximum absolute atomic E-state index is 11.9. The highest BCUT2D eigenvalue weighted by atomic mass is 79.9. The van der Waals surface area contributed by atoms with Gasteiger partial charge in [0.25, 0.3) is 5.91 Å². The zero-order valence-electron chi connectivity index (χ0n) is 11.9. The van der Waals surface area contributed by atoms with Crippen LogP contribution >= 0.6 is 15.9 Å². The van der Waals surface area contributed by atoms with Crippen LogP contribution in [0.15, 0.2) is 40.9 Å². The largest absolute Gasteiger partial charge is 0.481 e. The molecule has 0 spiro atoms. The van der Waals surface area contributed by atoms with Crippen LogP contribution < -0.4 is 15.8 Å². The van der Waals surface area contributed by atoms with E-state index in [9.17, 15) is 4.79 Å². The predicted octanol–water partition coefficient (Wildman–Crippen LogP) is 3.67. The lowest BCUT2D eigenvalue weighted by atomic mass is 10.1. The summed E-state index contributed by atoms with van der Waals surface area (Å²) >= 11 is 3.38. The van der Waals surface area contributed by atoms with Gasteiger partial charge in [-0.2, -0.15) is 0 Å². The SMILES string of the molecule is Cc1cc(C)c(OCC(=O)Nc2ccccc2Br)c(N)c1. The van der Waals surface area contributed by atoms with Crippen LogP contribution in [0.25, 0.3) is 0 Å². The number of hydrogen-bond donors (Lipinski definition) is 2. The van der Waals surface area contributed by atoms with E-state index < -0.39 is 0 Å². The van der Waals surface area contributed by atoms with Crippen molar-refractivity contribution in [3.05, 3.63) is 52.0 Å². The number of carbonyl (C=O) groups excluding carboxylic acids is 1. The number of anilines is 2. The first-order valence-corrected chi connectivity index (χ1v) is 7.30. The van der Waals surface area contributed by atoms with Gasteiger partial charge in [0.2, 0.25) is 0 Å². The minimum absolute atomic E-state index is 0.0879. The van der Waals surface area contributed by atoms with E-state index in [-0.39, 0.29) is 12.5 Å². The standard InChI is InChI=1S/C16H17BrN2O2/c1-10-7-11(2)16(13(18)8-10)21-9-15(20)19-14-6-4-3-5-12(14)17/h3-8H,9,18H2,1-2H3,(H,19,20). The molecule has 0 heterocycles. The number of aryl methyl sites for hydroxylation is 2. The fraction of sp³-hybridized carbons (Fsp3) is 0.188. The molecule has 0 saturated heterocycles. The second-order valence-corrected chi connectivity index (χ2v) is 5.67. The van der Waals surface area contributed by atoms with Crippen LogP contribution in [0.4, 0.5) is 11.4 Å². The molecule has 0 aliphatic rings. The molecule has 0 aliphatic heterocycles. The second kappa shape index (κ2) is 6.63. The van der Waals surface area contributed by atoms with Gasteiger partial charge in [-0.3, -0.25) is 4.79 Å². The molecule has 0 radical (unpaired) electrons. The van der Waals surface area contributed by atoms with Crippen LogP contribution in [0.3, 0.4) is 0 Å². The summed E-state index contributed by atoms with van der Waals surface area (Å²) in [5.74, 6) is 0.323. The molecule has 0 aliphatic carbocycles. The molecule has 0 fully saturated rings. The van der Waals surface area contributed by atoms with Gasteiger partial charge in [0, 0.05) is 4.47 Å². The molecule has 0 saturated carbocycles. The maximum atomic E-state index is 11.9. The quantitative estimate of drug-likeness (QED) is 0.828. The number of rotatable bonds is 4. The topological polar surface area (TPSA) is 64.3 Å². The number of hydrogen-bond acceptors (Lipinski definition) is 3. The molecule has 2 aromatic carbocycles. The van der Waals surface area contributed by atoms with Crippen molar-refractivity contribution in [2.45, 2.75) is 13.8 Å². The summed E-state index contributed by atoms with van der Waals surface area (Å²) < 4.78 is 6.37. The van der Waals surface area contributed by atoms with E-state index >= 15 is 0 Å². The molecule has 4 nitrogen and oxygen atoms in total. The van der Waals surface area contributed by atoms with Gasteiger partial charge in [0.15, 0.2) is 6.61 Å². The summed E-state index contributed by atoms with van der Waals surface area (Å²) in [5.41, 5.74) is 9.15. The molecule has 21 heavy (non-hydrogen) atoms. The van der Waals surface area contributed by atoms with Crippen molar-refractivity contribution in [1.82, 2.24) is 0 Å². The van der Waals surface area contributed by atoms with Crippen molar-refractivity contribution in [3.8, 4) is 5.75 Å². The van der Waals surface area contributed by atoms with Crippen molar-refractivity contribution < 1.29 is 9.53 Å². The lowest BCUT2D eigenvalue weighted by molar-refractivity contribution is -0.118. The van der Waals surface area contributed by atoms with Gasteiger partial charge >= 0.3 is 0 Å². The number of carbonyl (C=O) groups is 1. The number of benzene rings is 2. The van der Waals surface area contributed by atoms with E-state index in [1.165, 1.54) is 0 Å². The first-order valence-electron chi connectivity index (χ1n) is 6.51. The first-order chi connectivity index (χ1) is 9.97. The van der Waals surface area contributed by atoms with E-state index in [2.05, 4.69) is 21.2 Å². The molecule has 0 bridgehead atoms. The highest BCUT2D eigenvalue weighted by Crippen LogP contribution is 2.27. The summed E-state index contributed by atoms with van der Waals surface area (Å²) in [5, 5.41) is 2.78. The van der Waals surface area contributed by atoms with Gasteiger partial charge in [0.1, 0.15) is 5.75 Å². The van der Waals surface area contributed by atoms with Crippen LogP contribution in [-0.2, 0) is 4.79 Å². The Hall–Kier alpha value is -2.01. The molecule has 3 N–H and O–H groups in total. The molecule has 1 amide bonds. The number of amides is 1. The maximum Gasteiger partial charge on any atom is 0.262 e. The minimum Gasteiger partial charge on any atom is -0.481 e. The Bertz CT molecular complexity index is 648. The van der Waals surface area contributed by atoms with Crippen LogP contribution in [-0.4, -0.2) is 12.5 Å². The molecular weight excluding hydrogens is 332 g/mol. The number of para-hydroxylation sites is 1. The summed E-state index contributed by atoms with van der Waals surface area (Å²) in [6.45, 7) is 3.78. The van der Waals surface area contributed by atoms with Crippen molar-refractivity contribution in [2.24, 2.45) is 0 Å². The van der Waals surface area contributed by atoms with E-state index in [0.29, 0.717) is 17.1 Å². The monoisotopic (exact) mass is 348 g/mol. The van der Waals surface area contributed by atoms with Crippen LogP contribution in [0.1, 0.15) is 11.1 Å². The lowest BCUT2D eigenvalue weighted by Crippen LogP contribution is -2.21. The van der Waals surface area contributed by atoms with E-state index in [0.717, 1.165) is 15.6 Å². The van der Waals surface area contributed by atoms with Gasteiger partial charge in [-0.15, -0.1) is 0 Å². The molecule has 2 rings (SSSR count). The molecule has 0 atom stereocenters. The Morgan fingerprint density at radius 1 is 1.29 bits per heavy atom. The van der Waals surface area contributed by atoms with Crippen molar-refractivity contribution >= 4 is 33.2 Å². The zero-order valence-corrected chi connectivity index (χ0v) is 13.5. The fourth-order valence-corrected chi connectivity index (χ4v) is 2.45. The Morgan fingerprint density at radius 3 is 2.67 bits per heavy atom. The summed E-state index contributed by atoms with van der Waals surface area (Å²) in [6.07, 6.45) is 0. The van der Waals surface area contributed by atoms with Crippen molar-refractivity contribution in [2.75, 3.05) is 17.7 Å². The summed E-state index contributed by atoms with van der Waals surface area (Å²) in [6, 6.07) is 11.2. The molecule has 0 aromatic heterocycles. The third-order valence-electron chi connectivity index (χ3n) is 2.94. The van der Waals surface area contributed by atoms with Gasteiger partial charge < -0.3 is 15.8 Å². The van der Waals surface area contributed by atoms with Gasteiger partial charge in [-0.1, -0.05) is 18.2 Å². The highest BCUT2D eigenvalue weighted by Gasteiger charge is 2.10. The highest BCUT2D eigenvalue weighted by molar-refractivity contribution is 9.10. The number of nitrogen functional groups attached to an aromatic ring is 1. The normalized spacial score (nSPS) is 10.2. The van der Waals surface area contributed by atoms with Crippen LogP contribution in [0.2, 0.25) is 0 Å². The van der Waals surface area contributed by atoms with Crippen LogP contribution in [0.5, 0.6) is 5.75 Å². The Labute approximate surface area is 132 Å². The Morgan fingerprint density at radius 2 is 2.00 bits per heavy atom. The van der Waals surface area contributed by atoms with E-state index in [4.69, 9.17) is 10.5 Å². The minimum atomic E-state index is -0.235. The average molecular weight is 349 g/mol. The van der Waals surface area contributed by atoms with Gasteiger partial charge in [-0.25, -0.2) is 0 Å². The fourth-order valence-electron chi connectivity index (χ4n) is 2.07. The third-order valence-corrected chi connectivity index (χ3v) is 3.63. The number of ether oxygens (including phenoxy) is 1. The average Bonchev–Trinajstić information content (AvgIpc) is 2.40. The smallest absolute Gasteiger partial charge is 0.262 e. The van der Waals surface area contributed by atoms with E-state index in [1.807, 2.05) is 50.2 Å². The van der Waals surface area contributed by atoms with Crippen molar-refractivity contribution in [1.29, 1.82) is 0 Å². The first kappa shape index (κ1) is 15.4. The molecule has 2 aromatic rings. The second-order valence-electron chi connectivity index (χ2n) is 4.82.